The Bertz CT molecular complexity index is 1940. The Morgan fingerprint density at radius 1 is 1.17 bits per heavy atom. The molecule has 3 saturated heterocycles. The number of imidazole rings is 2. The molecule has 3 fully saturated rings. The minimum atomic E-state index is -4.56. The van der Waals surface area contributed by atoms with E-state index < -0.39 is 76.1 Å². The molecule has 6 heterocycles. The number of hydrogen-bond donors (Lipinski definition) is 3. The monoisotopic (exact) mass is 715 g/mol. The number of halogens is 2. The molecule has 4 N–H and O–H groups in total. The van der Waals surface area contributed by atoms with E-state index in [0.717, 1.165) is 5.56 Å². The second kappa shape index (κ2) is 11.5. The van der Waals surface area contributed by atoms with Crippen LogP contribution in [0, 0.1) is 6.92 Å². The summed E-state index contributed by atoms with van der Waals surface area (Å²) in [7, 11) is 1.40. The van der Waals surface area contributed by atoms with Crippen LogP contribution in [0.5, 0.6) is 0 Å². The molecule has 3 aliphatic heterocycles. The lowest BCUT2D eigenvalue weighted by Gasteiger charge is -2.35. The van der Waals surface area contributed by atoms with Gasteiger partial charge in [-0.05, 0) is 43.4 Å². The van der Waals surface area contributed by atoms with Gasteiger partial charge in [-0.2, -0.15) is 0 Å². The van der Waals surface area contributed by atoms with E-state index in [1.54, 1.807) is 23.6 Å². The van der Waals surface area contributed by atoms with E-state index in [1.165, 1.54) is 30.5 Å². The van der Waals surface area contributed by atoms with Gasteiger partial charge in [-0.3, -0.25) is 13.7 Å². The van der Waals surface area contributed by atoms with E-state index in [1.807, 2.05) is 0 Å². The number of rotatable bonds is 2. The van der Waals surface area contributed by atoms with Crippen molar-refractivity contribution in [1.29, 1.82) is 0 Å². The maximum absolute atomic E-state index is 16.1. The van der Waals surface area contributed by atoms with Crippen molar-refractivity contribution < 1.29 is 46.5 Å². The highest BCUT2D eigenvalue weighted by atomic mass is 35.5. The maximum Gasteiger partial charge on any atom is 0.325 e. The third-order valence-electron chi connectivity index (χ3n) is 8.10. The van der Waals surface area contributed by atoms with Gasteiger partial charge in [-0.15, -0.1) is 0 Å². The second-order valence-electron chi connectivity index (χ2n) is 11.3. The van der Waals surface area contributed by atoms with E-state index in [2.05, 4.69) is 19.9 Å². The highest BCUT2D eigenvalue weighted by molar-refractivity contribution is 8.07. The Hall–Kier alpha value is -2.12. The second-order valence-corrected chi connectivity index (χ2v) is 16.1. The molecule has 0 aliphatic carbocycles. The minimum Gasteiger partial charge on any atom is -0.386 e. The first-order chi connectivity index (χ1) is 21.7. The van der Waals surface area contributed by atoms with Crippen LogP contribution < -0.4 is 5.73 Å². The summed E-state index contributed by atoms with van der Waals surface area (Å²) in [5.41, 5.74) is 6.43. The van der Waals surface area contributed by atoms with Gasteiger partial charge in [-0.1, -0.05) is 11.6 Å². The summed E-state index contributed by atoms with van der Waals surface area (Å²) in [4.78, 5) is 27.6. The molecular weight excluding hydrogens is 690 g/mol. The van der Waals surface area contributed by atoms with Crippen molar-refractivity contribution in [3.63, 3.8) is 0 Å². The fraction of sp³-hybridized carbons (Fsp3) is 0.500. The van der Waals surface area contributed by atoms with Gasteiger partial charge in [0.25, 0.3) is 7.47 Å². The average Bonchev–Trinajstić information content (AvgIpc) is 3.73. The van der Waals surface area contributed by atoms with Crippen molar-refractivity contribution in [3.8, 4) is 0 Å². The van der Waals surface area contributed by atoms with Gasteiger partial charge in [0.1, 0.15) is 41.9 Å². The number of hydrogen-bond acceptors (Lipinski definition) is 14. The zero-order chi connectivity index (χ0) is 32.8. The van der Waals surface area contributed by atoms with Gasteiger partial charge in [-0.25, -0.2) is 24.3 Å². The molecule has 0 spiro atoms. The summed E-state index contributed by atoms with van der Waals surface area (Å²) in [6, 6.07) is 3.43. The van der Waals surface area contributed by atoms with E-state index >= 15 is 4.39 Å². The van der Waals surface area contributed by atoms with Crippen LogP contribution >= 0.6 is 25.8 Å². The summed E-state index contributed by atoms with van der Waals surface area (Å²) < 4.78 is 66.9. The maximum atomic E-state index is 16.1. The molecule has 7 rings (SSSR count). The quantitative estimate of drug-likeness (QED) is 0.202. The molecule has 244 valence electrons. The molecule has 22 heteroatoms. The first-order valence-corrected chi connectivity index (χ1v) is 18.3. The van der Waals surface area contributed by atoms with Crippen LogP contribution in [0.4, 0.5) is 10.2 Å². The largest absolute Gasteiger partial charge is 0.386 e. The molecule has 3 aliphatic rings. The van der Waals surface area contributed by atoms with Crippen LogP contribution in [0.25, 0.3) is 22.2 Å². The number of nitrogens with zero attached hydrogens (tertiary/aromatic N) is 6. The number of nitrogen functional groups attached to an aromatic ring is 1. The van der Waals surface area contributed by atoms with Crippen LogP contribution in [0.3, 0.4) is 0 Å². The summed E-state index contributed by atoms with van der Waals surface area (Å²) >= 11 is 11.5. The first-order valence-electron chi connectivity index (χ1n) is 13.7. The lowest BCUT2D eigenvalue weighted by atomic mass is 9.98. The van der Waals surface area contributed by atoms with Crippen molar-refractivity contribution in [2.24, 2.45) is 0 Å². The molecule has 4 aromatic rings. The number of nitrogens with two attached hydrogens (primary N) is 1. The summed E-state index contributed by atoms with van der Waals surface area (Å²) in [6.45, 7) is -2.12. The van der Waals surface area contributed by atoms with Crippen molar-refractivity contribution in [3.05, 3.63) is 41.7 Å². The van der Waals surface area contributed by atoms with Crippen molar-refractivity contribution >= 4 is 73.2 Å². The molecule has 0 amide bonds. The molecule has 2 radical (unpaired) electrons. The van der Waals surface area contributed by atoms with Gasteiger partial charge >= 0.3 is 6.72 Å². The standard InChI is InChI=1S/C24H26BClFN7O9P2S/c1-10-3-13-12(4-11(10)26)31-8-33(13)23-17(35)19-24(2,41-23)6-39-44(25,36)42-18-14(5-38-45(37,46)43-19)40-22(15(18)27)34-9-32-16-20(28)29-7-30-21(16)34/h3-4,7-9,14-15,17-19,22-23,35H,5-6H2,1-2H3,(H,37,46)(H2,28,29,30)/t14-,15?,17+,18+,19?,22-,23-,24-,44?,45?/m1/s1. The van der Waals surface area contributed by atoms with Crippen LogP contribution in [-0.2, 0) is 43.9 Å². The third kappa shape index (κ3) is 5.59. The average molecular weight is 716 g/mol. The molecule has 16 nitrogen and oxygen atoms in total. The number of fused-ring (bicyclic) bond motifs is 4. The fourth-order valence-electron chi connectivity index (χ4n) is 5.78. The third-order valence-corrected chi connectivity index (χ3v) is 11.1. The number of aliphatic hydroxyl groups excluding tert-OH is 1. The number of ether oxygens (including phenoxy) is 2. The van der Waals surface area contributed by atoms with Gasteiger partial charge in [0.05, 0.1) is 36.9 Å². The molecular formula is C24H26BClFN7O9P2S. The summed E-state index contributed by atoms with van der Waals surface area (Å²) in [6.07, 6.45) is -6.58. The summed E-state index contributed by atoms with van der Waals surface area (Å²) in [5, 5.41) is 12.0. The summed E-state index contributed by atoms with van der Waals surface area (Å²) in [5.74, 6) is 0.0626. The lowest BCUT2D eigenvalue weighted by molar-refractivity contribution is -0.113. The van der Waals surface area contributed by atoms with Crippen LogP contribution in [0.2, 0.25) is 5.02 Å². The Morgan fingerprint density at radius 3 is 2.72 bits per heavy atom. The van der Waals surface area contributed by atoms with Gasteiger partial charge in [0.2, 0.25) is 7.57 Å². The minimum absolute atomic E-state index is 0.0626. The number of benzene rings is 1. The van der Waals surface area contributed by atoms with E-state index in [9.17, 15) is 14.6 Å². The highest BCUT2D eigenvalue weighted by Crippen LogP contribution is 2.56. The van der Waals surface area contributed by atoms with Gasteiger partial charge < -0.3 is 43.3 Å². The molecule has 3 aromatic heterocycles. The Labute approximate surface area is 271 Å². The fourth-order valence-corrected chi connectivity index (χ4v) is 8.52. The van der Waals surface area contributed by atoms with Crippen LogP contribution in [0.1, 0.15) is 24.9 Å². The van der Waals surface area contributed by atoms with E-state index in [4.69, 9.17) is 64.3 Å². The van der Waals surface area contributed by atoms with Crippen LogP contribution in [-0.4, -0.2) is 96.0 Å². The van der Waals surface area contributed by atoms with Crippen molar-refractivity contribution in [1.82, 2.24) is 29.1 Å². The lowest BCUT2D eigenvalue weighted by Crippen LogP contribution is -2.46. The Morgan fingerprint density at radius 2 is 1.93 bits per heavy atom. The normalized spacial score (nSPS) is 38.8. The van der Waals surface area contributed by atoms with Gasteiger partial charge in [0.15, 0.2) is 30.1 Å². The van der Waals surface area contributed by atoms with Crippen molar-refractivity contribution in [2.45, 2.75) is 62.5 Å². The predicted octanol–water partition coefficient (Wildman–Crippen LogP) is 2.61. The van der Waals surface area contributed by atoms with Crippen LogP contribution in [0.15, 0.2) is 31.1 Å². The smallest absolute Gasteiger partial charge is 0.325 e. The number of aryl methyl sites for hydroxylation is 1. The Kier molecular flexibility index (Phi) is 8.11. The molecule has 10 atom stereocenters. The zero-order valence-corrected chi connectivity index (χ0v) is 27.4. The molecule has 1 aromatic carbocycles. The number of alkyl halides is 1. The van der Waals surface area contributed by atoms with E-state index in [-0.39, 0.29) is 17.0 Å². The SMILES string of the molecule is [B]P1(=O)OC[C@@]2(C)O[C@@H](n3cnc4cc(Cl)c(C)cc43)[C@@H](O)C2OP(O)(=S)OC[C@H]2O[C@@H](n3cnc4c(N)ncnc43)C(F)[C@H]2O1. The molecule has 0 saturated carbocycles. The molecule has 4 unspecified atom stereocenters. The van der Waals surface area contributed by atoms with Crippen molar-refractivity contribution in [2.75, 3.05) is 18.9 Å². The topological polar surface area (TPSA) is 200 Å². The first kappa shape index (κ1) is 32.4. The number of aromatic nitrogens is 6. The zero-order valence-electron chi connectivity index (χ0n) is 24.0. The number of anilines is 1. The highest BCUT2D eigenvalue weighted by Gasteiger charge is 2.57. The molecule has 46 heavy (non-hydrogen) atoms. The van der Waals surface area contributed by atoms with E-state index in [0.29, 0.717) is 16.1 Å². The number of aliphatic hydroxyl groups is 1. The molecule has 0 bridgehead atoms. The predicted molar refractivity (Wildman–Crippen MR) is 164 cm³/mol. The van der Waals surface area contributed by atoms with Gasteiger partial charge in [0, 0.05) is 5.02 Å². The Balaban J connectivity index is 1.19.